The van der Waals surface area contributed by atoms with Crippen molar-refractivity contribution in [2.24, 2.45) is 11.8 Å². The van der Waals surface area contributed by atoms with Crippen LogP contribution < -0.4 is 15.1 Å². The van der Waals surface area contributed by atoms with Crippen molar-refractivity contribution in [3.8, 4) is 0 Å². The van der Waals surface area contributed by atoms with Crippen LogP contribution >= 0.6 is 0 Å². The molecular weight excluding hydrogens is 384 g/mol. The van der Waals surface area contributed by atoms with Crippen LogP contribution in [0.5, 0.6) is 0 Å². The number of hydrogen-bond donors (Lipinski definition) is 1. The molecule has 2 atom stereocenters. The van der Waals surface area contributed by atoms with Crippen LogP contribution in [0.2, 0.25) is 0 Å². The van der Waals surface area contributed by atoms with Gasteiger partial charge in [0, 0.05) is 56.4 Å². The number of fused-ring (bicyclic) bond motifs is 3. The van der Waals surface area contributed by atoms with Crippen molar-refractivity contribution in [1.82, 2.24) is 15.3 Å². The van der Waals surface area contributed by atoms with Crippen molar-refractivity contribution < 1.29 is 9.72 Å². The highest BCUT2D eigenvalue weighted by molar-refractivity contribution is 5.82. The first-order valence-corrected chi connectivity index (χ1v) is 10.3. The fraction of sp³-hybridized carbons (Fsp3) is 0.476. The number of piperazine rings is 1. The Balaban J connectivity index is 1.66. The predicted molar refractivity (Wildman–Crippen MR) is 114 cm³/mol. The Labute approximate surface area is 175 Å². The topological polar surface area (TPSA) is 104 Å². The van der Waals surface area contributed by atoms with Crippen molar-refractivity contribution in [3.05, 3.63) is 52.5 Å². The Morgan fingerprint density at radius 1 is 1.33 bits per heavy atom. The Morgan fingerprint density at radius 2 is 2.17 bits per heavy atom. The van der Waals surface area contributed by atoms with E-state index in [2.05, 4.69) is 38.9 Å². The number of hydrogen-bond acceptors (Lipinski definition) is 7. The van der Waals surface area contributed by atoms with Crippen LogP contribution in [0.3, 0.4) is 0 Å². The van der Waals surface area contributed by atoms with Gasteiger partial charge in [0.15, 0.2) is 0 Å². The molecule has 1 aromatic carbocycles. The number of nitrogens with zero attached hydrogens (tertiary/aromatic N) is 5. The average Bonchev–Trinajstić information content (AvgIpc) is 2.76. The van der Waals surface area contributed by atoms with Crippen molar-refractivity contribution >= 4 is 23.1 Å². The fourth-order valence-electron chi connectivity index (χ4n) is 4.32. The number of non-ortho nitro benzene ring substituents is 1. The molecule has 9 nitrogen and oxygen atoms in total. The average molecular weight is 410 g/mol. The zero-order chi connectivity index (χ0) is 21.3. The molecule has 9 heteroatoms. The lowest BCUT2D eigenvalue weighted by molar-refractivity contribution is -0.384. The van der Waals surface area contributed by atoms with Gasteiger partial charge < -0.3 is 15.1 Å². The zero-order valence-electron chi connectivity index (χ0n) is 17.2. The number of rotatable bonds is 5. The van der Waals surface area contributed by atoms with Crippen molar-refractivity contribution in [2.45, 2.75) is 26.3 Å². The number of amides is 1. The maximum absolute atomic E-state index is 13.1. The molecule has 0 saturated carbocycles. The summed E-state index contributed by atoms with van der Waals surface area (Å²) in [5.74, 6) is 0.854. The second-order valence-corrected chi connectivity index (χ2v) is 8.29. The van der Waals surface area contributed by atoms with E-state index < -0.39 is 0 Å². The maximum Gasteiger partial charge on any atom is 0.269 e. The second kappa shape index (κ2) is 8.25. The molecule has 3 heterocycles. The number of nitrogens with one attached hydrogen (secondary N) is 1. The minimum Gasteiger partial charge on any atom is -0.364 e. The maximum atomic E-state index is 13.1. The summed E-state index contributed by atoms with van der Waals surface area (Å²) in [5.41, 5.74) is 1.90. The fourth-order valence-corrected chi connectivity index (χ4v) is 4.32. The summed E-state index contributed by atoms with van der Waals surface area (Å²) in [6.07, 6.45) is 5.54. The molecule has 1 amide bonds. The van der Waals surface area contributed by atoms with Gasteiger partial charge in [-0.3, -0.25) is 19.9 Å². The van der Waals surface area contributed by atoms with Crippen molar-refractivity contribution in [1.29, 1.82) is 0 Å². The van der Waals surface area contributed by atoms with Gasteiger partial charge in [-0.1, -0.05) is 13.8 Å². The van der Waals surface area contributed by atoms with E-state index >= 15 is 0 Å². The molecule has 30 heavy (non-hydrogen) atoms. The van der Waals surface area contributed by atoms with Crippen LogP contribution in [0.4, 0.5) is 17.2 Å². The second-order valence-electron chi connectivity index (χ2n) is 8.29. The first-order chi connectivity index (χ1) is 14.4. The summed E-state index contributed by atoms with van der Waals surface area (Å²) in [7, 11) is 0. The van der Waals surface area contributed by atoms with Gasteiger partial charge in [-0.05, 0) is 24.0 Å². The lowest BCUT2D eigenvalue weighted by Crippen LogP contribution is -2.61. The number of carbonyl (C=O) groups excluding carboxylic acids is 1. The minimum absolute atomic E-state index is 0.00291. The highest BCUT2D eigenvalue weighted by atomic mass is 16.6. The third-order valence-corrected chi connectivity index (χ3v) is 5.80. The number of nitro benzene ring substituents is 1. The van der Waals surface area contributed by atoms with E-state index in [1.165, 1.54) is 0 Å². The number of benzene rings is 1. The van der Waals surface area contributed by atoms with Crippen LogP contribution in [-0.2, 0) is 11.2 Å². The Kier molecular flexibility index (Phi) is 5.52. The predicted octanol–water partition coefficient (Wildman–Crippen LogP) is 2.02. The van der Waals surface area contributed by atoms with E-state index in [4.69, 9.17) is 0 Å². The van der Waals surface area contributed by atoms with Crippen LogP contribution in [0.1, 0.15) is 19.4 Å². The van der Waals surface area contributed by atoms with Crippen molar-refractivity contribution in [3.63, 3.8) is 0 Å². The molecule has 0 aliphatic carbocycles. The van der Waals surface area contributed by atoms with E-state index in [0.717, 1.165) is 23.6 Å². The Morgan fingerprint density at radius 3 is 2.87 bits per heavy atom. The molecule has 1 aromatic heterocycles. The number of aromatic nitrogens is 2. The molecule has 1 N–H and O–H groups in total. The summed E-state index contributed by atoms with van der Waals surface area (Å²) in [6, 6.07) is 4.94. The van der Waals surface area contributed by atoms with Gasteiger partial charge in [0.25, 0.3) is 5.69 Å². The molecule has 0 spiro atoms. The number of anilines is 2. The van der Waals surface area contributed by atoms with E-state index in [-0.39, 0.29) is 28.5 Å². The molecule has 1 saturated heterocycles. The van der Waals surface area contributed by atoms with Gasteiger partial charge in [-0.2, -0.15) is 0 Å². The largest absolute Gasteiger partial charge is 0.364 e. The molecule has 0 radical (unpaired) electrons. The first kappa shape index (κ1) is 20.1. The first-order valence-electron chi connectivity index (χ1n) is 10.3. The number of nitro groups is 1. The number of carbonyl (C=O) groups is 1. The molecule has 2 aliphatic rings. The smallest absolute Gasteiger partial charge is 0.269 e. The van der Waals surface area contributed by atoms with Gasteiger partial charge in [-0.25, -0.2) is 4.98 Å². The summed E-state index contributed by atoms with van der Waals surface area (Å²) < 4.78 is 0. The summed E-state index contributed by atoms with van der Waals surface area (Å²) in [4.78, 5) is 37.0. The third-order valence-electron chi connectivity index (χ3n) is 5.80. The molecule has 0 bridgehead atoms. The quantitative estimate of drug-likeness (QED) is 0.594. The van der Waals surface area contributed by atoms with E-state index in [9.17, 15) is 14.9 Å². The zero-order valence-corrected chi connectivity index (χ0v) is 17.2. The Bertz CT molecular complexity index is 936. The molecular formula is C21H26N6O3. The highest BCUT2D eigenvalue weighted by Crippen LogP contribution is 2.38. The van der Waals surface area contributed by atoms with Crippen LogP contribution in [0.25, 0.3) is 0 Å². The van der Waals surface area contributed by atoms with Crippen molar-refractivity contribution in [2.75, 3.05) is 36.0 Å². The van der Waals surface area contributed by atoms with Gasteiger partial charge in [0.05, 0.1) is 23.1 Å². The third kappa shape index (κ3) is 3.92. The standard InChI is InChI=1S/C21H26N6O3/c1-14(2)11-24-21(28)17-10-15-9-16(27(29)30)3-4-18(15)26-8-7-25(13-19(17)26)20-12-22-5-6-23-20/h3-6,9,12,14,17,19H,7-8,10-11,13H2,1-2H3,(H,24,28)/t17-,19-/m1/s1. The monoisotopic (exact) mass is 410 g/mol. The lowest BCUT2D eigenvalue weighted by Gasteiger charge is -2.49. The van der Waals surface area contributed by atoms with Gasteiger partial charge in [-0.15, -0.1) is 0 Å². The SMILES string of the molecule is CC(C)CNC(=O)[C@@H]1Cc2cc([N+](=O)[O-])ccc2N2CCN(c3cnccn3)C[C@H]12. The van der Waals surface area contributed by atoms with E-state index in [0.29, 0.717) is 32.0 Å². The van der Waals surface area contributed by atoms with Gasteiger partial charge in [0.1, 0.15) is 5.82 Å². The molecule has 1 fully saturated rings. The summed E-state index contributed by atoms with van der Waals surface area (Å²) in [5, 5.41) is 14.3. The van der Waals surface area contributed by atoms with E-state index in [1.807, 2.05) is 6.07 Å². The van der Waals surface area contributed by atoms with E-state index in [1.54, 1.807) is 30.7 Å². The van der Waals surface area contributed by atoms with Crippen LogP contribution in [0, 0.1) is 22.0 Å². The summed E-state index contributed by atoms with van der Waals surface area (Å²) in [6.45, 7) is 6.82. The molecule has 2 aromatic rings. The van der Waals surface area contributed by atoms with Crippen LogP contribution in [-0.4, -0.2) is 53.0 Å². The molecule has 158 valence electrons. The minimum atomic E-state index is -0.383. The lowest BCUT2D eigenvalue weighted by atomic mass is 9.83. The van der Waals surface area contributed by atoms with Gasteiger partial charge in [0.2, 0.25) is 5.91 Å². The normalized spacial score (nSPS) is 20.5. The molecule has 2 aliphatic heterocycles. The highest BCUT2D eigenvalue weighted by Gasteiger charge is 2.42. The Hall–Kier alpha value is -3.23. The van der Waals surface area contributed by atoms with Gasteiger partial charge >= 0.3 is 0 Å². The molecule has 4 rings (SSSR count). The molecule has 0 unspecified atom stereocenters. The van der Waals surface area contributed by atoms with Crippen LogP contribution in [0.15, 0.2) is 36.8 Å². The summed E-state index contributed by atoms with van der Waals surface area (Å²) >= 11 is 0.